The lowest BCUT2D eigenvalue weighted by Gasteiger charge is -2.09. The lowest BCUT2D eigenvalue weighted by Crippen LogP contribution is -2.25. The summed E-state index contributed by atoms with van der Waals surface area (Å²) in [6.45, 7) is 13.8. The molecule has 0 atom stereocenters. The van der Waals surface area contributed by atoms with Crippen molar-refractivity contribution in [2.75, 3.05) is 39.5 Å². The summed E-state index contributed by atoms with van der Waals surface area (Å²) in [5, 5.41) is 3.28. The standard InChI is InChI=1S/C12H27NO2/c1-11(2)9-14-7-5-13-6-8-15-10-12(3)4/h11-13H,5-10H2,1-4H3. The van der Waals surface area contributed by atoms with Crippen molar-refractivity contribution in [3.63, 3.8) is 0 Å². The van der Waals surface area contributed by atoms with Crippen LogP contribution in [0, 0.1) is 11.8 Å². The first-order valence-corrected chi connectivity index (χ1v) is 5.99. The Kier molecular flexibility index (Phi) is 10.3. The zero-order chi connectivity index (χ0) is 11.5. The maximum atomic E-state index is 5.44. The average Bonchev–Trinajstić information content (AvgIpc) is 2.14. The average molecular weight is 217 g/mol. The summed E-state index contributed by atoms with van der Waals surface area (Å²) < 4.78 is 10.9. The van der Waals surface area contributed by atoms with E-state index >= 15 is 0 Å². The second-order valence-electron chi connectivity index (χ2n) is 4.69. The van der Waals surface area contributed by atoms with Crippen molar-refractivity contribution in [2.45, 2.75) is 27.7 Å². The minimum absolute atomic E-state index is 0.624. The van der Waals surface area contributed by atoms with Crippen LogP contribution < -0.4 is 5.32 Å². The Hall–Kier alpha value is -0.120. The van der Waals surface area contributed by atoms with Crippen molar-refractivity contribution in [2.24, 2.45) is 11.8 Å². The molecule has 0 bridgehead atoms. The van der Waals surface area contributed by atoms with Gasteiger partial charge in [0.1, 0.15) is 0 Å². The molecule has 0 unspecified atom stereocenters. The predicted octanol–water partition coefficient (Wildman–Crippen LogP) is 1.92. The van der Waals surface area contributed by atoms with Crippen LogP contribution in [-0.2, 0) is 9.47 Å². The van der Waals surface area contributed by atoms with Gasteiger partial charge in [0.25, 0.3) is 0 Å². The van der Waals surface area contributed by atoms with Crippen molar-refractivity contribution in [3.05, 3.63) is 0 Å². The van der Waals surface area contributed by atoms with Gasteiger partial charge in [-0.05, 0) is 11.8 Å². The largest absolute Gasteiger partial charge is 0.380 e. The molecule has 92 valence electrons. The van der Waals surface area contributed by atoms with Gasteiger partial charge in [0.15, 0.2) is 0 Å². The summed E-state index contributed by atoms with van der Waals surface area (Å²) in [7, 11) is 0. The van der Waals surface area contributed by atoms with Gasteiger partial charge in [-0.1, -0.05) is 27.7 Å². The topological polar surface area (TPSA) is 30.5 Å². The lowest BCUT2D eigenvalue weighted by atomic mass is 10.2. The zero-order valence-corrected chi connectivity index (χ0v) is 10.7. The van der Waals surface area contributed by atoms with Gasteiger partial charge in [-0.25, -0.2) is 0 Å². The molecule has 0 spiro atoms. The highest BCUT2D eigenvalue weighted by atomic mass is 16.5. The molecule has 0 amide bonds. The van der Waals surface area contributed by atoms with E-state index in [-0.39, 0.29) is 0 Å². The maximum Gasteiger partial charge on any atom is 0.0591 e. The number of rotatable bonds is 10. The van der Waals surface area contributed by atoms with Crippen LogP contribution in [0.25, 0.3) is 0 Å². The first kappa shape index (κ1) is 14.9. The van der Waals surface area contributed by atoms with E-state index < -0.39 is 0 Å². The maximum absolute atomic E-state index is 5.44. The van der Waals surface area contributed by atoms with Crippen molar-refractivity contribution in [3.8, 4) is 0 Å². The molecule has 0 aliphatic heterocycles. The fourth-order valence-electron chi connectivity index (χ4n) is 1.05. The molecule has 0 saturated carbocycles. The molecule has 0 heterocycles. The van der Waals surface area contributed by atoms with Gasteiger partial charge in [-0.2, -0.15) is 0 Å². The number of hydrogen-bond acceptors (Lipinski definition) is 3. The summed E-state index contributed by atoms with van der Waals surface area (Å²) in [5.74, 6) is 1.25. The van der Waals surface area contributed by atoms with E-state index in [1.807, 2.05) is 0 Å². The molecule has 1 N–H and O–H groups in total. The van der Waals surface area contributed by atoms with E-state index in [1.165, 1.54) is 0 Å². The van der Waals surface area contributed by atoms with E-state index in [2.05, 4.69) is 33.0 Å². The van der Waals surface area contributed by atoms with Gasteiger partial charge in [0.2, 0.25) is 0 Å². The SMILES string of the molecule is CC(C)COCCNCCOCC(C)C. The minimum atomic E-state index is 0.624. The van der Waals surface area contributed by atoms with Crippen LogP contribution in [0.4, 0.5) is 0 Å². The van der Waals surface area contributed by atoms with E-state index in [0.29, 0.717) is 11.8 Å². The molecule has 3 nitrogen and oxygen atoms in total. The smallest absolute Gasteiger partial charge is 0.0591 e. The molecule has 0 aromatic rings. The molecule has 0 aromatic heterocycles. The summed E-state index contributed by atoms with van der Waals surface area (Å²) >= 11 is 0. The minimum Gasteiger partial charge on any atom is -0.380 e. The van der Waals surface area contributed by atoms with E-state index in [1.54, 1.807) is 0 Å². The first-order valence-electron chi connectivity index (χ1n) is 5.99. The highest BCUT2D eigenvalue weighted by Crippen LogP contribution is 1.91. The van der Waals surface area contributed by atoms with Crippen LogP contribution in [0.2, 0.25) is 0 Å². The molecule has 0 saturated heterocycles. The molecule has 0 aliphatic rings. The molecule has 0 rings (SSSR count). The predicted molar refractivity (Wildman–Crippen MR) is 64.2 cm³/mol. The third-order valence-corrected chi connectivity index (χ3v) is 1.75. The second-order valence-corrected chi connectivity index (χ2v) is 4.69. The second kappa shape index (κ2) is 10.4. The molecule has 0 aromatic carbocycles. The highest BCUT2D eigenvalue weighted by molar-refractivity contribution is 4.47. The van der Waals surface area contributed by atoms with Crippen LogP contribution in [-0.4, -0.2) is 39.5 Å². The fourth-order valence-corrected chi connectivity index (χ4v) is 1.05. The third-order valence-electron chi connectivity index (χ3n) is 1.75. The Morgan fingerprint density at radius 2 is 1.20 bits per heavy atom. The summed E-state index contributed by atoms with van der Waals surface area (Å²) in [6.07, 6.45) is 0. The normalized spacial score (nSPS) is 11.6. The zero-order valence-electron chi connectivity index (χ0n) is 10.7. The van der Waals surface area contributed by atoms with Crippen LogP contribution in [0.1, 0.15) is 27.7 Å². The number of nitrogens with one attached hydrogen (secondary N) is 1. The fraction of sp³-hybridized carbons (Fsp3) is 1.00. The lowest BCUT2D eigenvalue weighted by molar-refractivity contribution is 0.0987. The number of ether oxygens (including phenoxy) is 2. The molecular formula is C12H27NO2. The van der Waals surface area contributed by atoms with E-state index in [9.17, 15) is 0 Å². The van der Waals surface area contributed by atoms with Crippen LogP contribution in [0.15, 0.2) is 0 Å². The van der Waals surface area contributed by atoms with E-state index in [4.69, 9.17) is 9.47 Å². The quantitative estimate of drug-likeness (QED) is 0.567. The molecule has 0 aliphatic carbocycles. The van der Waals surface area contributed by atoms with Gasteiger partial charge in [-0.3, -0.25) is 0 Å². The van der Waals surface area contributed by atoms with Gasteiger partial charge in [0.05, 0.1) is 13.2 Å². The van der Waals surface area contributed by atoms with Crippen LogP contribution in [0.5, 0.6) is 0 Å². The van der Waals surface area contributed by atoms with E-state index in [0.717, 1.165) is 39.5 Å². The van der Waals surface area contributed by atoms with Crippen molar-refractivity contribution >= 4 is 0 Å². The Bertz CT molecular complexity index is 113. The Morgan fingerprint density at radius 3 is 1.53 bits per heavy atom. The Morgan fingerprint density at radius 1 is 0.800 bits per heavy atom. The summed E-state index contributed by atoms with van der Waals surface area (Å²) in [5.41, 5.74) is 0. The van der Waals surface area contributed by atoms with Gasteiger partial charge in [0, 0.05) is 26.3 Å². The molecule has 0 radical (unpaired) electrons. The van der Waals surface area contributed by atoms with Gasteiger partial charge >= 0.3 is 0 Å². The number of hydrogen-bond donors (Lipinski definition) is 1. The molecular weight excluding hydrogens is 190 g/mol. The van der Waals surface area contributed by atoms with Crippen molar-refractivity contribution in [1.82, 2.24) is 5.32 Å². The molecule has 15 heavy (non-hydrogen) atoms. The molecule has 3 heteroatoms. The Labute approximate surface area is 94.5 Å². The van der Waals surface area contributed by atoms with Crippen LogP contribution in [0.3, 0.4) is 0 Å². The van der Waals surface area contributed by atoms with Gasteiger partial charge < -0.3 is 14.8 Å². The van der Waals surface area contributed by atoms with Gasteiger partial charge in [-0.15, -0.1) is 0 Å². The highest BCUT2D eigenvalue weighted by Gasteiger charge is 1.94. The Balaban J connectivity index is 2.93. The van der Waals surface area contributed by atoms with Crippen molar-refractivity contribution in [1.29, 1.82) is 0 Å². The summed E-state index contributed by atoms with van der Waals surface area (Å²) in [4.78, 5) is 0. The van der Waals surface area contributed by atoms with Crippen LogP contribution >= 0.6 is 0 Å². The molecule has 0 fully saturated rings. The summed E-state index contributed by atoms with van der Waals surface area (Å²) in [6, 6.07) is 0. The first-order chi connectivity index (χ1) is 7.13. The van der Waals surface area contributed by atoms with Crippen molar-refractivity contribution < 1.29 is 9.47 Å². The third kappa shape index (κ3) is 13.9. The monoisotopic (exact) mass is 217 g/mol.